The summed E-state index contributed by atoms with van der Waals surface area (Å²) in [7, 11) is 0. The van der Waals surface area contributed by atoms with Gasteiger partial charge in [0.15, 0.2) is 5.57 Å². The largest absolute Gasteiger partial charge is 0.382 e. The smallest absolute Gasteiger partial charge is 0.269 e. The molecule has 0 unspecified atom stereocenters. The van der Waals surface area contributed by atoms with E-state index in [0.29, 0.717) is 40.9 Å². The van der Waals surface area contributed by atoms with Gasteiger partial charge in [-0.3, -0.25) is 9.36 Å². The molecule has 1 heterocycles. The average Bonchev–Trinajstić information content (AvgIpc) is 2.91. The number of nitrogens with zero attached hydrogens (tertiary/aromatic N) is 3. The van der Waals surface area contributed by atoms with Gasteiger partial charge in [0.25, 0.3) is 5.56 Å². The Kier molecular flexibility index (Phi) is 6.64. The number of hydrogen-bond acceptors (Lipinski definition) is 5. The molecule has 0 saturated carbocycles. The number of aromatic nitrogens is 1. The molecular formula is C18H16FN3O2S. The van der Waals surface area contributed by atoms with Gasteiger partial charge < -0.3 is 4.74 Å². The van der Waals surface area contributed by atoms with E-state index in [4.69, 9.17) is 15.3 Å². The van der Waals surface area contributed by atoms with Crippen molar-refractivity contribution in [1.29, 1.82) is 10.5 Å². The highest BCUT2D eigenvalue weighted by Crippen LogP contribution is 2.03. The first-order valence-electron chi connectivity index (χ1n) is 7.70. The zero-order valence-corrected chi connectivity index (χ0v) is 14.5. The van der Waals surface area contributed by atoms with Crippen LogP contribution in [-0.2, 0) is 11.3 Å². The molecule has 1 aromatic carbocycles. The molecule has 25 heavy (non-hydrogen) atoms. The predicted molar refractivity (Wildman–Crippen MR) is 93.5 cm³/mol. The fraction of sp³-hybridized carbons (Fsp3) is 0.278. The first-order chi connectivity index (χ1) is 12.1. The van der Waals surface area contributed by atoms with E-state index in [2.05, 4.69) is 0 Å². The minimum atomic E-state index is -0.359. The summed E-state index contributed by atoms with van der Waals surface area (Å²) in [4.78, 5) is 12.7. The summed E-state index contributed by atoms with van der Waals surface area (Å²) in [6.45, 7) is 3.32. The van der Waals surface area contributed by atoms with E-state index >= 15 is 0 Å². The van der Waals surface area contributed by atoms with Crippen LogP contribution < -0.4 is 14.8 Å². The summed E-state index contributed by atoms with van der Waals surface area (Å²) >= 11 is 1.08. The first kappa shape index (κ1) is 18.6. The molecule has 0 amide bonds. The fourth-order valence-electron chi connectivity index (χ4n) is 2.21. The van der Waals surface area contributed by atoms with Gasteiger partial charge in [0.1, 0.15) is 22.6 Å². The van der Waals surface area contributed by atoms with Crippen LogP contribution in [-0.4, -0.2) is 17.8 Å². The molecule has 0 aliphatic heterocycles. The van der Waals surface area contributed by atoms with Gasteiger partial charge in [0.05, 0.1) is 4.53 Å². The summed E-state index contributed by atoms with van der Waals surface area (Å²) in [5, 5.41) is 18.3. The van der Waals surface area contributed by atoms with E-state index in [1.54, 1.807) is 18.2 Å². The van der Waals surface area contributed by atoms with Crippen molar-refractivity contribution in [3.8, 4) is 12.1 Å². The molecule has 0 saturated heterocycles. The molecular weight excluding hydrogens is 341 g/mol. The Hall–Kier alpha value is -2.74. The van der Waals surface area contributed by atoms with Crippen molar-refractivity contribution in [2.75, 3.05) is 13.2 Å². The van der Waals surface area contributed by atoms with Gasteiger partial charge in [-0.1, -0.05) is 12.1 Å². The summed E-state index contributed by atoms with van der Waals surface area (Å²) in [6.07, 6.45) is 2.22. The van der Waals surface area contributed by atoms with Gasteiger partial charge >= 0.3 is 0 Å². The van der Waals surface area contributed by atoms with Crippen LogP contribution >= 0.6 is 11.3 Å². The second-order valence-electron chi connectivity index (χ2n) is 5.07. The molecule has 2 aromatic rings. The van der Waals surface area contributed by atoms with Crippen molar-refractivity contribution in [2.24, 2.45) is 0 Å². The Bertz CT molecular complexity index is 975. The number of halogens is 1. The monoisotopic (exact) mass is 357 g/mol. The van der Waals surface area contributed by atoms with Gasteiger partial charge in [-0.15, -0.1) is 11.3 Å². The van der Waals surface area contributed by atoms with Gasteiger partial charge in [-0.25, -0.2) is 4.39 Å². The third kappa shape index (κ3) is 4.63. The minimum absolute atomic E-state index is 0.0998. The molecule has 5 nitrogen and oxygen atoms in total. The Balaban J connectivity index is 2.55. The molecule has 2 rings (SSSR count). The SMILES string of the molecule is CCOCCCn1c(=C(C#N)C#N)sc(=Cc2ccc(F)cc2)c1=O. The van der Waals surface area contributed by atoms with Crippen molar-refractivity contribution in [1.82, 2.24) is 4.57 Å². The van der Waals surface area contributed by atoms with Gasteiger partial charge in [0, 0.05) is 19.8 Å². The third-order valence-corrected chi connectivity index (χ3v) is 4.52. The van der Waals surface area contributed by atoms with E-state index in [9.17, 15) is 9.18 Å². The van der Waals surface area contributed by atoms with Crippen LogP contribution in [0.3, 0.4) is 0 Å². The maximum atomic E-state index is 13.0. The lowest BCUT2D eigenvalue weighted by molar-refractivity contribution is 0.141. The summed E-state index contributed by atoms with van der Waals surface area (Å²) in [5.74, 6) is -0.359. The van der Waals surface area contributed by atoms with Crippen LogP contribution in [0.4, 0.5) is 4.39 Å². The average molecular weight is 357 g/mol. The number of benzene rings is 1. The molecule has 0 spiro atoms. The maximum absolute atomic E-state index is 13.0. The van der Waals surface area contributed by atoms with Crippen molar-refractivity contribution in [3.63, 3.8) is 0 Å². The highest BCUT2D eigenvalue weighted by molar-refractivity contribution is 7.07. The van der Waals surface area contributed by atoms with Crippen molar-refractivity contribution in [2.45, 2.75) is 19.9 Å². The van der Waals surface area contributed by atoms with Crippen molar-refractivity contribution >= 4 is 23.0 Å². The highest BCUT2D eigenvalue weighted by atomic mass is 32.1. The van der Waals surface area contributed by atoms with Gasteiger partial charge in [-0.05, 0) is 37.1 Å². The van der Waals surface area contributed by atoms with Crippen LogP contribution in [0, 0.1) is 28.5 Å². The van der Waals surface area contributed by atoms with Crippen LogP contribution in [0.25, 0.3) is 11.6 Å². The summed E-state index contributed by atoms with van der Waals surface area (Å²) in [6, 6.07) is 9.41. The number of ether oxygens (including phenoxy) is 1. The lowest BCUT2D eigenvalue weighted by atomic mass is 10.2. The van der Waals surface area contributed by atoms with Gasteiger partial charge in [-0.2, -0.15) is 10.5 Å². The summed E-state index contributed by atoms with van der Waals surface area (Å²) < 4.78 is 20.4. The second-order valence-corrected chi connectivity index (χ2v) is 6.10. The van der Waals surface area contributed by atoms with E-state index < -0.39 is 0 Å². The topological polar surface area (TPSA) is 78.8 Å². The predicted octanol–water partition coefficient (Wildman–Crippen LogP) is 1.50. The molecule has 1 aromatic heterocycles. The highest BCUT2D eigenvalue weighted by Gasteiger charge is 2.09. The normalized spacial score (nSPS) is 11.1. The molecule has 128 valence electrons. The molecule has 0 atom stereocenters. The zero-order valence-electron chi connectivity index (χ0n) is 13.7. The summed E-state index contributed by atoms with van der Waals surface area (Å²) in [5.41, 5.74) is 0.296. The Labute approximate surface area is 148 Å². The molecule has 0 aliphatic carbocycles. The molecule has 0 fully saturated rings. The number of hydrogen-bond donors (Lipinski definition) is 0. The number of thiazole rings is 1. The van der Waals surface area contributed by atoms with Crippen LogP contribution in [0.5, 0.6) is 0 Å². The molecule has 0 bridgehead atoms. The van der Waals surface area contributed by atoms with E-state index in [-0.39, 0.29) is 16.9 Å². The Morgan fingerprint density at radius 2 is 2.00 bits per heavy atom. The van der Waals surface area contributed by atoms with Crippen molar-refractivity contribution < 1.29 is 9.13 Å². The molecule has 0 N–H and O–H groups in total. The van der Waals surface area contributed by atoms with E-state index in [1.165, 1.54) is 16.7 Å². The Morgan fingerprint density at radius 3 is 2.60 bits per heavy atom. The quantitative estimate of drug-likeness (QED) is 0.734. The molecule has 7 heteroatoms. The standard InChI is InChI=1S/C18H16FN3O2S/c1-2-24-9-3-8-22-17(23)16(25-18(22)14(11-20)12-21)10-13-4-6-15(19)7-5-13/h4-7,10H,2-3,8-9H2,1H3. The van der Waals surface area contributed by atoms with Crippen LogP contribution in [0.15, 0.2) is 29.1 Å². The maximum Gasteiger partial charge on any atom is 0.269 e. The zero-order chi connectivity index (χ0) is 18.2. The first-order valence-corrected chi connectivity index (χ1v) is 8.51. The Morgan fingerprint density at radius 1 is 1.32 bits per heavy atom. The lowest BCUT2D eigenvalue weighted by Crippen LogP contribution is -2.32. The van der Waals surface area contributed by atoms with E-state index in [0.717, 1.165) is 11.3 Å². The third-order valence-electron chi connectivity index (χ3n) is 3.39. The van der Waals surface area contributed by atoms with E-state index in [1.807, 2.05) is 19.1 Å². The minimum Gasteiger partial charge on any atom is -0.382 e. The van der Waals surface area contributed by atoms with Crippen LogP contribution in [0.2, 0.25) is 0 Å². The lowest BCUT2D eigenvalue weighted by Gasteiger charge is -2.02. The fourth-order valence-corrected chi connectivity index (χ4v) is 3.29. The number of rotatable bonds is 6. The van der Waals surface area contributed by atoms with Gasteiger partial charge in [0.2, 0.25) is 0 Å². The second kappa shape index (κ2) is 8.93. The molecule has 0 aliphatic rings. The van der Waals surface area contributed by atoms with Crippen LogP contribution in [0.1, 0.15) is 18.9 Å². The molecule has 0 radical (unpaired) electrons. The number of nitriles is 2. The van der Waals surface area contributed by atoms with Crippen molar-refractivity contribution in [3.05, 3.63) is 55.2 Å².